The van der Waals surface area contributed by atoms with Crippen LogP contribution in [0.2, 0.25) is 0 Å². The molecule has 0 aromatic carbocycles. The predicted octanol–water partition coefficient (Wildman–Crippen LogP) is 1.96. The Bertz CT molecular complexity index is 798. The van der Waals surface area contributed by atoms with Crippen molar-refractivity contribution >= 4 is 5.91 Å². The van der Waals surface area contributed by atoms with Crippen LogP contribution in [0.5, 0.6) is 0 Å². The number of ether oxygens (including phenoxy) is 2. The van der Waals surface area contributed by atoms with Crippen molar-refractivity contribution in [2.75, 3.05) is 40.0 Å². The largest absolute Gasteiger partial charge is 0.385 e. The molecule has 9 nitrogen and oxygen atoms in total. The zero-order chi connectivity index (χ0) is 20.1. The summed E-state index contributed by atoms with van der Waals surface area (Å²) in [4.78, 5) is 27.3. The van der Waals surface area contributed by atoms with Crippen LogP contribution in [0.1, 0.15) is 60.1 Å². The SMILES string of the molecule is COCCC1(c2noc(C3CCOCC3)n2)CCN(C(=O)c2cncnc2)CC1. The summed E-state index contributed by atoms with van der Waals surface area (Å²) in [6.45, 7) is 3.33. The van der Waals surface area contributed by atoms with Crippen molar-refractivity contribution in [2.45, 2.75) is 43.4 Å². The lowest BCUT2D eigenvalue weighted by Crippen LogP contribution is -2.46. The lowest BCUT2D eigenvalue weighted by Gasteiger charge is -2.39. The Morgan fingerprint density at radius 1 is 1.24 bits per heavy atom. The third-order valence-corrected chi connectivity index (χ3v) is 6.09. The minimum atomic E-state index is -0.243. The zero-order valence-corrected chi connectivity index (χ0v) is 16.7. The number of likely N-dealkylation sites (tertiary alicyclic amines) is 1. The quantitative estimate of drug-likeness (QED) is 0.724. The molecule has 2 saturated heterocycles. The van der Waals surface area contributed by atoms with Gasteiger partial charge in [-0.25, -0.2) is 9.97 Å². The molecule has 0 N–H and O–H groups in total. The van der Waals surface area contributed by atoms with Crippen LogP contribution in [0.3, 0.4) is 0 Å². The molecule has 0 saturated carbocycles. The fraction of sp³-hybridized carbons (Fsp3) is 0.650. The third-order valence-electron chi connectivity index (χ3n) is 6.09. The molecule has 0 unspecified atom stereocenters. The molecule has 156 valence electrons. The number of rotatable bonds is 6. The van der Waals surface area contributed by atoms with E-state index < -0.39 is 0 Å². The molecule has 2 aliphatic heterocycles. The van der Waals surface area contributed by atoms with E-state index in [1.165, 1.54) is 6.33 Å². The van der Waals surface area contributed by atoms with Gasteiger partial charge in [0.15, 0.2) is 5.82 Å². The van der Waals surface area contributed by atoms with Gasteiger partial charge in [0.2, 0.25) is 5.89 Å². The van der Waals surface area contributed by atoms with Crippen molar-refractivity contribution in [1.29, 1.82) is 0 Å². The van der Waals surface area contributed by atoms with Crippen molar-refractivity contribution in [3.63, 3.8) is 0 Å². The molecule has 0 radical (unpaired) electrons. The molecule has 4 heterocycles. The fourth-order valence-corrected chi connectivity index (χ4v) is 4.17. The number of methoxy groups -OCH3 is 1. The van der Waals surface area contributed by atoms with E-state index in [9.17, 15) is 4.79 Å². The molecule has 1 amide bonds. The first-order valence-electron chi connectivity index (χ1n) is 10.2. The number of hydrogen-bond donors (Lipinski definition) is 0. The second-order valence-electron chi connectivity index (χ2n) is 7.79. The standard InChI is InChI=1S/C20H27N5O4/c1-27-11-6-20(19-23-17(29-24-19)15-2-9-28-10-3-15)4-7-25(8-5-20)18(26)16-12-21-14-22-13-16/h12-15H,2-11H2,1H3. The van der Waals surface area contributed by atoms with E-state index in [0.29, 0.717) is 31.2 Å². The van der Waals surface area contributed by atoms with Gasteiger partial charge in [-0.2, -0.15) is 4.98 Å². The summed E-state index contributed by atoms with van der Waals surface area (Å²) < 4.78 is 16.4. The number of amides is 1. The number of aromatic nitrogens is 4. The number of carbonyl (C=O) groups is 1. The Labute approximate surface area is 169 Å². The highest BCUT2D eigenvalue weighted by atomic mass is 16.5. The van der Waals surface area contributed by atoms with E-state index in [1.54, 1.807) is 19.5 Å². The van der Waals surface area contributed by atoms with Crippen molar-refractivity contribution in [1.82, 2.24) is 25.0 Å². The highest BCUT2D eigenvalue weighted by Gasteiger charge is 2.41. The molecule has 2 aliphatic rings. The van der Waals surface area contributed by atoms with Crippen LogP contribution in [0, 0.1) is 0 Å². The van der Waals surface area contributed by atoms with Gasteiger partial charge in [0.1, 0.15) is 6.33 Å². The first-order chi connectivity index (χ1) is 14.2. The zero-order valence-electron chi connectivity index (χ0n) is 16.7. The second-order valence-corrected chi connectivity index (χ2v) is 7.79. The first kappa shape index (κ1) is 19.9. The number of hydrogen-bond acceptors (Lipinski definition) is 8. The maximum Gasteiger partial charge on any atom is 0.256 e. The van der Waals surface area contributed by atoms with E-state index >= 15 is 0 Å². The van der Waals surface area contributed by atoms with Crippen LogP contribution in [0.25, 0.3) is 0 Å². The summed E-state index contributed by atoms with van der Waals surface area (Å²) in [6.07, 6.45) is 8.69. The van der Waals surface area contributed by atoms with Crippen LogP contribution in [0.15, 0.2) is 23.2 Å². The van der Waals surface area contributed by atoms with Crippen molar-refractivity contribution in [3.05, 3.63) is 36.0 Å². The lowest BCUT2D eigenvalue weighted by atomic mass is 9.75. The predicted molar refractivity (Wildman–Crippen MR) is 102 cm³/mol. The minimum Gasteiger partial charge on any atom is -0.385 e. The highest BCUT2D eigenvalue weighted by Crippen LogP contribution is 2.38. The summed E-state index contributed by atoms with van der Waals surface area (Å²) in [6, 6.07) is 0. The normalized spacial score (nSPS) is 20.0. The van der Waals surface area contributed by atoms with E-state index in [-0.39, 0.29) is 17.2 Å². The van der Waals surface area contributed by atoms with Crippen molar-refractivity contribution < 1.29 is 18.8 Å². The van der Waals surface area contributed by atoms with E-state index in [4.69, 9.17) is 19.0 Å². The molecular formula is C20H27N5O4. The van der Waals surface area contributed by atoms with E-state index in [1.807, 2.05) is 4.90 Å². The average molecular weight is 401 g/mol. The topological polar surface area (TPSA) is 103 Å². The van der Waals surface area contributed by atoms with Gasteiger partial charge in [-0.3, -0.25) is 4.79 Å². The van der Waals surface area contributed by atoms with E-state index in [2.05, 4.69) is 15.1 Å². The summed E-state index contributed by atoms with van der Waals surface area (Å²) in [5, 5.41) is 4.36. The molecule has 29 heavy (non-hydrogen) atoms. The Hall–Kier alpha value is -2.39. The summed E-state index contributed by atoms with van der Waals surface area (Å²) in [7, 11) is 1.70. The molecule has 0 bridgehead atoms. The van der Waals surface area contributed by atoms with Gasteiger partial charge in [0.05, 0.1) is 5.56 Å². The molecule has 2 aromatic rings. The third kappa shape index (κ3) is 4.30. The smallest absolute Gasteiger partial charge is 0.256 e. The van der Waals surface area contributed by atoms with Gasteiger partial charge < -0.3 is 18.9 Å². The molecular weight excluding hydrogens is 374 g/mol. The van der Waals surface area contributed by atoms with Gasteiger partial charge in [-0.15, -0.1) is 0 Å². The first-order valence-corrected chi connectivity index (χ1v) is 10.2. The van der Waals surface area contributed by atoms with Crippen LogP contribution >= 0.6 is 0 Å². The Balaban J connectivity index is 1.48. The van der Waals surface area contributed by atoms with Crippen LogP contribution in [-0.4, -0.2) is 70.9 Å². The van der Waals surface area contributed by atoms with E-state index in [0.717, 1.165) is 51.1 Å². The number of piperidine rings is 1. The summed E-state index contributed by atoms with van der Waals surface area (Å²) in [5.41, 5.74) is 0.269. The molecule has 0 spiro atoms. The second kappa shape index (κ2) is 8.96. The molecule has 9 heteroatoms. The van der Waals surface area contributed by atoms with Gasteiger partial charge in [0, 0.05) is 63.7 Å². The molecule has 2 aromatic heterocycles. The number of carbonyl (C=O) groups excluding carboxylic acids is 1. The Kier molecular flexibility index (Phi) is 6.15. The van der Waals surface area contributed by atoms with Gasteiger partial charge in [0.25, 0.3) is 5.91 Å². The monoisotopic (exact) mass is 401 g/mol. The van der Waals surface area contributed by atoms with Crippen LogP contribution in [-0.2, 0) is 14.9 Å². The van der Waals surface area contributed by atoms with Crippen LogP contribution in [0.4, 0.5) is 0 Å². The lowest BCUT2D eigenvalue weighted by molar-refractivity contribution is 0.0615. The van der Waals surface area contributed by atoms with Gasteiger partial charge in [-0.1, -0.05) is 5.16 Å². The summed E-state index contributed by atoms with van der Waals surface area (Å²) in [5.74, 6) is 1.68. The van der Waals surface area contributed by atoms with Gasteiger partial charge >= 0.3 is 0 Å². The Morgan fingerprint density at radius 2 is 1.97 bits per heavy atom. The van der Waals surface area contributed by atoms with Crippen molar-refractivity contribution in [3.8, 4) is 0 Å². The average Bonchev–Trinajstić information content (AvgIpc) is 3.30. The van der Waals surface area contributed by atoms with Crippen molar-refractivity contribution in [2.24, 2.45) is 0 Å². The molecule has 4 rings (SSSR count). The number of nitrogens with zero attached hydrogens (tertiary/aromatic N) is 5. The highest BCUT2D eigenvalue weighted by molar-refractivity contribution is 5.93. The maximum absolute atomic E-state index is 12.7. The van der Waals surface area contributed by atoms with Gasteiger partial charge in [-0.05, 0) is 32.1 Å². The van der Waals surface area contributed by atoms with Crippen LogP contribution < -0.4 is 0 Å². The Morgan fingerprint density at radius 3 is 2.66 bits per heavy atom. The fourth-order valence-electron chi connectivity index (χ4n) is 4.17. The maximum atomic E-state index is 12.7. The molecule has 0 aliphatic carbocycles. The molecule has 2 fully saturated rings. The summed E-state index contributed by atoms with van der Waals surface area (Å²) >= 11 is 0. The molecule has 0 atom stereocenters. The minimum absolute atomic E-state index is 0.0399.